The highest BCUT2D eigenvalue weighted by Gasteiger charge is 2.52. The van der Waals surface area contributed by atoms with Gasteiger partial charge in [0.15, 0.2) is 0 Å². The summed E-state index contributed by atoms with van der Waals surface area (Å²) in [5, 5.41) is 0. The topological polar surface area (TPSA) is 27.7 Å². The van der Waals surface area contributed by atoms with Gasteiger partial charge in [0, 0.05) is 0 Å². The first-order valence-corrected chi connectivity index (χ1v) is 7.69. The van der Waals surface area contributed by atoms with Crippen LogP contribution >= 0.6 is 0 Å². The molecule has 1 aromatic rings. The zero-order valence-electron chi connectivity index (χ0n) is 14.3. The van der Waals surface area contributed by atoms with Gasteiger partial charge in [0.2, 0.25) is 0 Å². The van der Waals surface area contributed by atoms with Gasteiger partial charge in [0.05, 0.1) is 23.9 Å². The zero-order chi connectivity index (χ0) is 15.8. The van der Waals surface area contributed by atoms with E-state index < -0.39 is 0 Å². The lowest BCUT2D eigenvalue weighted by atomic mass is 9.73. The minimum atomic E-state index is -0.332. The molecule has 1 heterocycles. The van der Waals surface area contributed by atoms with Crippen molar-refractivity contribution in [3.8, 4) is 0 Å². The molecule has 3 nitrogen and oxygen atoms in total. The molecule has 1 aliphatic rings. The van der Waals surface area contributed by atoms with Gasteiger partial charge in [-0.05, 0) is 59.5 Å². The maximum Gasteiger partial charge on any atom is 0.495 e. The smallest absolute Gasteiger partial charge is 0.399 e. The second-order valence-electron chi connectivity index (χ2n) is 7.10. The summed E-state index contributed by atoms with van der Waals surface area (Å²) in [7, 11) is -0.332. The zero-order valence-corrected chi connectivity index (χ0v) is 14.3. The summed E-state index contributed by atoms with van der Waals surface area (Å²) in [6.45, 7) is 15.1. The summed E-state index contributed by atoms with van der Waals surface area (Å²) >= 11 is 0. The fourth-order valence-electron chi connectivity index (χ4n) is 2.42. The van der Waals surface area contributed by atoms with Gasteiger partial charge in [-0.25, -0.2) is 0 Å². The molecule has 1 fully saturated rings. The molecule has 0 atom stereocenters. The van der Waals surface area contributed by atoms with E-state index in [0.29, 0.717) is 6.61 Å². The van der Waals surface area contributed by atoms with Crippen LogP contribution in [0.25, 0.3) is 0 Å². The monoisotopic (exact) mass is 290 g/mol. The lowest BCUT2D eigenvalue weighted by molar-refractivity contribution is 0.00578. The number of benzene rings is 1. The van der Waals surface area contributed by atoms with E-state index in [9.17, 15) is 0 Å². The van der Waals surface area contributed by atoms with Gasteiger partial charge in [-0.15, -0.1) is 0 Å². The van der Waals surface area contributed by atoms with Crippen molar-refractivity contribution in [2.75, 3.05) is 0 Å². The normalized spacial score (nSPS) is 20.3. The van der Waals surface area contributed by atoms with Crippen molar-refractivity contribution in [1.29, 1.82) is 0 Å². The molecule has 2 rings (SSSR count). The van der Waals surface area contributed by atoms with Crippen molar-refractivity contribution >= 4 is 12.6 Å². The van der Waals surface area contributed by atoms with Crippen LogP contribution in [-0.2, 0) is 20.7 Å². The predicted octanol–water partition coefficient (Wildman–Crippen LogP) is 3.22. The van der Waals surface area contributed by atoms with Crippen LogP contribution in [0.5, 0.6) is 0 Å². The molecule has 0 amide bonds. The molecule has 1 aromatic carbocycles. The van der Waals surface area contributed by atoms with Crippen LogP contribution < -0.4 is 5.46 Å². The summed E-state index contributed by atoms with van der Waals surface area (Å²) in [6, 6.07) is 6.25. The molecule has 1 saturated heterocycles. The van der Waals surface area contributed by atoms with E-state index >= 15 is 0 Å². The quantitative estimate of drug-likeness (QED) is 0.797. The van der Waals surface area contributed by atoms with Gasteiger partial charge in [-0.2, -0.15) is 0 Å². The molecule has 0 bridgehead atoms. The summed E-state index contributed by atoms with van der Waals surface area (Å²) in [5.74, 6) is 0. The molecule has 0 radical (unpaired) electrons. The first kappa shape index (κ1) is 16.5. The van der Waals surface area contributed by atoms with Crippen molar-refractivity contribution in [2.24, 2.45) is 0 Å². The number of ether oxygens (including phenoxy) is 1. The molecule has 4 heteroatoms. The number of rotatable bonds is 4. The van der Waals surface area contributed by atoms with Crippen LogP contribution in [0.15, 0.2) is 18.2 Å². The first-order valence-electron chi connectivity index (χ1n) is 7.69. The predicted molar refractivity (Wildman–Crippen MR) is 86.8 cm³/mol. The number of hydrogen-bond donors (Lipinski definition) is 0. The lowest BCUT2D eigenvalue weighted by Crippen LogP contribution is -2.41. The SMILES string of the molecule is Cc1cccc(COC(C)C)c1B1OC(C)(C)C(C)(C)O1. The van der Waals surface area contributed by atoms with Crippen molar-refractivity contribution in [3.05, 3.63) is 29.3 Å². The highest BCUT2D eigenvalue weighted by Crippen LogP contribution is 2.37. The van der Waals surface area contributed by atoms with Gasteiger partial charge in [0.25, 0.3) is 0 Å². The van der Waals surface area contributed by atoms with Crippen molar-refractivity contribution in [2.45, 2.75) is 72.4 Å². The Hall–Kier alpha value is -0.835. The summed E-state index contributed by atoms with van der Waals surface area (Å²) < 4.78 is 18.2. The number of aryl methyl sites for hydroxylation is 1. The molecule has 116 valence electrons. The van der Waals surface area contributed by atoms with E-state index in [0.717, 1.165) is 11.0 Å². The summed E-state index contributed by atoms with van der Waals surface area (Å²) in [6.07, 6.45) is 0.205. The number of hydrogen-bond acceptors (Lipinski definition) is 3. The van der Waals surface area contributed by atoms with Crippen LogP contribution in [0, 0.1) is 6.92 Å². The van der Waals surface area contributed by atoms with Gasteiger partial charge >= 0.3 is 7.12 Å². The van der Waals surface area contributed by atoms with E-state index in [1.165, 1.54) is 5.56 Å². The lowest BCUT2D eigenvalue weighted by Gasteiger charge is -2.32. The molecule has 0 saturated carbocycles. The van der Waals surface area contributed by atoms with Crippen LogP contribution in [0.2, 0.25) is 0 Å². The van der Waals surface area contributed by atoms with Crippen molar-refractivity contribution in [1.82, 2.24) is 0 Å². The largest absolute Gasteiger partial charge is 0.495 e. The van der Waals surface area contributed by atoms with E-state index in [1.54, 1.807) is 0 Å². The Morgan fingerprint density at radius 2 is 1.67 bits per heavy atom. The van der Waals surface area contributed by atoms with Gasteiger partial charge in [-0.1, -0.05) is 23.8 Å². The third-order valence-corrected chi connectivity index (χ3v) is 4.48. The van der Waals surface area contributed by atoms with Crippen molar-refractivity contribution < 1.29 is 14.0 Å². The maximum absolute atomic E-state index is 6.20. The average molecular weight is 290 g/mol. The Morgan fingerprint density at radius 3 is 2.19 bits per heavy atom. The van der Waals surface area contributed by atoms with E-state index in [2.05, 4.69) is 52.8 Å². The maximum atomic E-state index is 6.20. The first-order chi connectivity index (χ1) is 9.64. The average Bonchev–Trinajstić information content (AvgIpc) is 2.55. The van der Waals surface area contributed by atoms with Gasteiger partial charge in [0.1, 0.15) is 0 Å². The van der Waals surface area contributed by atoms with E-state index in [1.807, 2.05) is 13.8 Å². The molecule has 0 spiro atoms. The summed E-state index contributed by atoms with van der Waals surface area (Å²) in [5.41, 5.74) is 2.78. The Bertz CT molecular complexity index is 493. The fraction of sp³-hybridized carbons (Fsp3) is 0.647. The Kier molecular flexibility index (Phi) is 4.53. The van der Waals surface area contributed by atoms with Crippen LogP contribution in [0.3, 0.4) is 0 Å². The fourth-order valence-corrected chi connectivity index (χ4v) is 2.42. The molecule has 0 N–H and O–H groups in total. The van der Waals surface area contributed by atoms with Crippen LogP contribution in [-0.4, -0.2) is 24.4 Å². The molecule has 21 heavy (non-hydrogen) atoms. The second kappa shape index (κ2) is 5.75. The van der Waals surface area contributed by atoms with Crippen molar-refractivity contribution in [3.63, 3.8) is 0 Å². The molecule has 1 aliphatic heterocycles. The molecule has 0 unspecified atom stereocenters. The highest BCUT2D eigenvalue weighted by atomic mass is 16.7. The third kappa shape index (κ3) is 3.33. The molecule has 0 aliphatic carbocycles. The van der Waals surface area contributed by atoms with Gasteiger partial charge < -0.3 is 14.0 Å². The van der Waals surface area contributed by atoms with E-state index in [4.69, 9.17) is 14.0 Å². The third-order valence-electron chi connectivity index (χ3n) is 4.48. The minimum absolute atomic E-state index is 0.205. The minimum Gasteiger partial charge on any atom is -0.399 e. The van der Waals surface area contributed by atoms with Crippen LogP contribution in [0.4, 0.5) is 0 Å². The standard InChI is InChI=1S/C17H27BO3/c1-12(2)19-11-14-10-8-9-13(3)15(14)18-20-16(4,5)17(6,7)21-18/h8-10,12H,11H2,1-7H3. The highest BCUT2D eigenvalue weighted by molar-refractivity contribution is 6.63. The van der Waals surface area contributed by atoms with Gasteiger partial charge in [-0.3, -0.25) is 0 Å². The molecular formula is C17H27BO3. The Balaban J connectivity index is 2.32. The molecular weight excluding hydrogens is 263 g/mol. The van der Waals surface area contributed by atoms with Crippen LogP contribution in [0.1, 0.15) is 52.7 Å². The Morgan fingerprint density at radius 1 is 1.10 bits per heavy atom. The van der Waals surface area contributed by atoms with E-state index in [-0.39, 0.29) is 24.4 Å². The summed E-state index contributed by atoms with van der Waals surface area (Å²) in [4.78, 5) is 0. The second-order valence-corrected chi connectivity index (χ2v) is 7.10. The Labute approximate surface area is 129 Å². The molecule has 0 aromatic heterocycles.